The summed E-state index contributed by atoms with van der Waals surface area (Å²) in [5.74, 6) is 0. The van der Waals surface area contributed by atoms with Gasteiger partial charge >= 0.3 is 0 Å². The number of hydrogen-bond donors (Lipinski definition) is 1. The zero-order chi connectivity index (χ0) is 40.3. The summed E-state index contributed by atoms with van der Waals surface area (Å²) in [5.41, 5.74) is 21.2. The van der Waals surface area contributed by atoms with Crippen LogP contribution in [0.5, 0.6) is 0 Å². The van der Waals surface area contributed by atoms with E-state index in [1.807, 2.05) is 0 Å². The average Bonchev–Trinajstić information content (AvgIpc) is 3.85. The van der Waals surface area contributed by atoms with Crippen LogP contribution in [0.3, 0.4) is 0 Å². The van der Waals surface area contributed by atoms with E-state index in [0.29, 0.717) is 0 Å². The minimum Gasteiger partial charge on any atom is -0.355 e. The molecule has 59 heavy (non-hydrogen) atoms. The van der Waals surface area contributed by atoms with E-state index in [9.17, 15) is 0 Å². The molecular formula is C57H48N2. The van der Waals surface area contributed by atoms with Crippen molar-refractivity contribution in [3.8, 4) is 39.1 Å². The molecule has 11 rings (SSSR count). The predicted molar refractivity (Wildman–Crippen MR) is 250 cm³/mol. The highest BCUT2D eigenvalue weighted by atomic mass is 15.0. The van der Waals surface area contributed by atoms with Gasteiger partial charge in [0.15, 0.2) is 0 Å². The molecule has 0 fully saturated rings. The monoisotopic (exact) mass is 760 g/mol. The molecule has 0 unspecified atom stereocenters. The molecule has 0 saturated heterocycles. The summed E-state index contributed by atoms with van der Waals surface area (Å²) in [6.45, 7) is 14.0. The van der Waals surface area contributed by atoms with Crippen LogP contribution in [0.15, 0.2) is 176 Å². The number of rotatable bonds is 4. The van der Waals surface area contributed by atoms with Gasteiger partial charge < -0.3 is 9.88 Å². The molecule has 1 heterocycles. The van der Waals surface area contributed by atoms with Crippen molar-refractivity contribution < 1.29 is 0 Å². The van der Waals surface area contributed by atoms with E-state index < -0.39 is 5.41 Å². The Hall–Kier alpha value is -6.64. The van der Waals surface area contributed by atoms with Gasteiger partial charge in [0, 0.05) is 33.4 Å². The second kappa shape index (κ2) is 12.7. The van der Waals surface area contributed by atoms with Gasteiger partial charge in [-0.2, -0.15) is 0 Å². The Morgan fingerprint density at radius 1 is 0.424 bits per heavy atom. The Morgan fingerprint density at radius 3 is 1.49 bits per heavy atom. The highest BCUT2D eigenvalue weighted by Crippen LogP contribution is 2.65. The van der Waals surface area contributed by atoms with Gasteiger partial charge in [-0.25, -0.2) is 0 Å². The molecule has 1 spiro atoms. The van der Waals surface area contributed by atoms with Crippen LogP contribution in [-0.4, -0.2) is 4.57 Å². The second-order valence-corrected chi connectivity index (χ2v) is 18.7. The van der Waals surface area contributed by atoms with Gasteiger partial charge in [-0.05, 0) is 114 Å². The van der Waals surface area contributed by atoms with Gasteiger partial charge in [-0.1, -0.05) is 175 Å². The van der Waals surface area contributed by atoms with Gasteiger partial charge in [0.25, 0.3) is 0 Å². The summed E-state index contributed by atoms with van der Waals surface area (Å²) < 4.78 is 2.37. The molecule has 9 aromatic rings. The van der Waals surface area contributed by atoms with Crippen molar-refractivity contribution >= 4 is 33.2 Å². The van der Waals surface area contributed by atoms with Gasteiger partial charge in [0.1, 0.15) is 0 Å². The van der Waals surface area contributed by atoms with E-state index in [0.717, 1.165) is 17.1 Å². The first-order chi connectivity index (χ1) is 28.5. The first kappa shape index (κ1) is 35.5. The first-order valence-electron chi connectivity index (χ1n) is 21.0. The van der Waals surface area contributed by atoms with Crippen molar-refractivity contribution in [3.63, 3.8) is 0 Å². The van der Waals surface area contributed by atoms with Crippen LogP contribution in [0, 0.1) is 0 Å². The maximum Gasteiger partial charge on any atom is 0.0746 e. The van der Waals surface area contributed by atoms with Gasteiger partial charge in [0.2, 0.25) is 0 Å². The number of nitrogens with zero attached hydrogens (tertiary/aromatic N) is 1. The van der Waals surface area contributed by atoms with Gasteiger partial charge in [-0.3, -0.25) is 0 Å². The van der Waals surface area contributed by atoms with E-state index in [-0.39, 0.29) is 10.8 Å². The smallest absolute Gasteiger partial charge is 0.0746 e. The lowest BCUT2D eigenvalue weighted by molar-refractivity contribution is 0.586. The molecule has 0 aliphatic heterocycles. The standard InChI is InChI=1S/C57H48N2/c1-55(2,3)38-26-32-43-44-33-27-39(56(4,5)6)35-50(44)57(49(43)34-38)48-18-10-7-14-42(48)47-17-13-19-51(54(47)57)58-40-28-22-36(23-29-40)37-24-30-41(31-25-37)59-52-20-11-8-15-45(52)46-16-9-12-21-53(46)59/h7-35,58H,1-6H3. The Morgan fingerprint density at radius 2 is 0.915 bits per heavy atom. The van der Waals surface area contributed by atoms with Crippen LogP contribution in [-0.2, 0) is 16.2 Å². The zero-order valence-electron chi connectivity index (χ0n) is 34.7. The third kappa shape index (κ3) is 5.25. The van der Waals surface area contributed by atoms with Crippen LogP contribution in [0.4, 0.5) is 11.4 Å². The molecule has 2 heteroatoms. The molecular weight excluding hydrogens is 713 g/mol. The molecule has 0 radical (unpaired) electrons. The molecule has 286 valence electrons. The molecule has 0 amide bonds. The Bertz CT molecular complexity index is 3010. The molecule has 0 bridgehead atoms. The average molecular weight is 761 g/mol. The summed E-state index contributed by atoms with van der Waals surface area (Å²) in [7, 11) is 0. The van der Waals surface area contributed by atoms with E-state index >= 15 is 0 Å². The fraction of sp³-hybridized carbons (Fsp3) is 0.158. The lowest BCUT2D eigenvalue weighted by atomic mass is 9.68. The highest BCUT2D eigenvalue weighted by Gasteiger charge is 2.53. The fourth-order valence-electron chi connectivity index (χ4n) is 10.2. The molecule has 0 atom stereocenters. The molecule has 1 aromatic heterocycles. The van der Waals surface area contributed by atoms with Crippen molar-refractivity contribution in [3.05, 3.63) is 209 Å². The molecule has 2 aliphatic rings. The largest absolute Gasteiger partial charge is 0.355 e. The number of para-hydroxylation sites is 2. The van der Waals surface area contributed by atoms with Crippen molar-refractivity contribution in [1.29, 1.82) is 0 Å². The van der Waals surface area contributed by atoms with Crippen molar-refractivity contribution in [2.45, 2.75) is 57.8 Å². The van der Waals surface area contributed by atoms with Crippen molar-refractivity contribution in [1.82, 2.24) is 4.57 Å². The maximum atomic E-state index is 3.98. The highest BCUT2D eigenvalue weighted by molar-refractivity contribution is 6.09. The molecule has 2 aliphatic carbocycles. The molecule has 2 nitrogen and oxygen atoms in total. The topological polar surface area (TPSA) is 17.0 Å². The second-order valence-electron chi connectivity index (χ2n) is 18.7. The molecule has 8 aromatic carbocycles. The lowest BCUT2D eigenvalue weighted by Crippen LogP contribution is -2.28. The van der Waals surface area contributed by atoms with E-state index in [2.05, 4.69) is 227 Å². The number of benzene rings is 8. The maximum absolute atomic E-state index is 3.98. The fourth-order valence-corrected chi connectivity index (χ4v) is 10.2. The summed E-state index contributed by atoms with van der Waals surface area (Å²) in [6, 6.07) is 65.8. The zero-order valence-corrected chi connectivity index (χ0v) is 34.7. The van der Waals surface area contributed by atoms with E-state index in [1.54, 1.807) is 0 Å². The first-order valence-corrected chi connectivity index (χ1v) is 21.0. The molecule has 0 saturated carbocycles. The van der Waals surface area contributed by atoms with E-state index in [1.165, 1.54) is 88.6 Å². The minimum absolute atomic E-state index is 0.00733. The summed E-state index contributed by atoms with van der Waals surface area (Å²) in [5, 5.41) is 6.53. The quantitative estimate of drug-likeness (QED) is 0.189. The van der Waals surface area contributed by atoms with Crippen LogP contribution in [0.1, 0.15) is 74.9 Å². The third-order valence-corrected chi connectivity index (χ3v) is 13.1. The summed E-state index contributed by atoms with van der Waals surface area (Å²) >= 11 is 0. The number of hydrogen-bond acceptors (Lipinski definition) is 1. The molecule has 1 N–H and O–H groups in total. The number of fused-ring (bicyclic) bond motifs is 13. The van der Waals surface area contributed by atoms with Crippen molar-refractivity contribution in [2.24, 2.45) is 0 Å². The van der Waals surface area contributed by atoms with Gasteiger partial charge in [0.05, 0.1) is 16.4 Å². The van der Waals surface area contributed by atoms with E-state index in [4.69, 9.17) is 0 Å². The predicted octanol–water partition coefficient (Wildman–Crippen LogP) is 15.1. The van der Waals surface area contributed by atoms with Crippen LogP contribution >= 0.6 is 0 Å². The third-order valence-electron chi connectivity index (χ3n) is 13.1. The normalized spacial score (nSPS) is 13.7. The Labute approximate surface area is 347 Å². The Kier molecular flexibility index (Phi) is 7.63. The Balaban J connectivity index is 1.01. The number of nitrogens with one attached hydrogen (secondary N) is 1. The van der Waals surface area contributed by atoms with Gasteiger partial charge in [-0.15, -0.1) is 0 Å². The lowest BCUT2D eigenvalue weighted by Gasteiger charge is -2.34. The summed E-state index contributed by atoms with van der Waals surface area (Å²) in [6.07, 6.45) is 0. The van der Waals surface area contributed by atoms with Crippen LogP contribution in [0.2, 0.25) is 0 Å². The van der Waals surface area contributed by atoms with Crippen LogP contribution in [0.25, 0.3) is 60.9 Å². The number of anilines is 2. The summed E-state index contributed by atoms with van der Waals surface area (Å²) in [4.78, 5) is 0. The minimum atomic E-state index is -0.471. The number of aromatic nitrogens is 1. The van der Waals surface area contributed by atoms with Crippen LogP contribution < -0.4 is 5.32 Å². The SMILES string of the molecule is CC(C)(C)c1ccc2c(c1)C1(c3cc(C(C)(C)C)ccc3-2)c2ccccc2-c2cccc(Nc3ccc(-c4ccc(-n5c6ccccc6c6ccccc65)cc4)cc3)c21. The van der Waals surface area contributed by atoms with Crippen molar-refractivity contribution in [2.75, 3.05) is 5.32 Å².